The molecule has 1 unspecified atom stereocenters. The number of hydrogen-bond acceptors (Lipinski definition) is 3. The zero-order valence-electron chi connectivity index (χ0n) is 12.6. The molecule has 3 nitrogen and oxygen atoms in total. The SMILES string of the molecule is CNC1CN(C2c3cc(Cl)ccc3COc3ccccc32)C1. The van der Waals surface area contributed by atoms with Crippen molar-refractivity contribution in [2.45, 2.75) is 18.7 Å². The fourth-order valence-electron chi connectivity index (χ4n) is 3.41. The maximum absolute atomic E-state index is 6.27. The van der Waals surface area contributed by atoms with Gasteiger partial charge in [-0.15, -0.1) is 0 Å². The summed E-state index contributed by atoms with van der Waals surface area (Å²) in [5.41, 5.74) is 3.73. The summed E-state index contributed by atoms with van der Waals surface area (Å²) in [6, 6.07) is 15.3. The van der Waals surface area contributed by atoms with Gasteiger partial charge in [-0.25, -0.2) is 0 Å². The fraction of sp³-hybridized carbons (Fsp3) is 0.333. The third kappa shape index (κ3) is 2.30. The van der Waals surface area contributed by atoms with Crippen LogP contribution in [0.1, 0.15) is 22.7 Å². The number of likely N-dealkylation sites (N-methyl/N-ethyl adjacent to an activating group) is 1. The maximum Gasteiger partial charge on any atom is 0.124 e. The lowest BCUT2D eigenvalue weighted by molar-refractivity contribution is 0.0973. The van der Waals surface area contributed by atoms with Gasteiger partial charge in [-0.05, 0) is 36.4 Å². The van der Waals surface area contributed by atoms with Crippen molar-refractivity contribution < 1.29 is 4.74 Å². The van der Waals surface area contributed by atoms with Gasteiger partial charge in [-0.1, -0.05) is 35.9 Å². The minimum absolute atomic E-state index is 0.219. The molecular weight excluding hydrogens is 296 g/mol. The first-order chi connectivity index (χ1) is 10.8. The van der Waals surface area contributed by atoms with Crippen LogP contribution in [-0.2, 0) is 6.61 Å². The van der Waals surface area contributed by atoms with Crippen LogP contribution in [0.5, 0.6) is 5.75 Å². The lowest BCUT2D eigenvalue weighted by atomic mass is 9.90. The van der Waals surface area contributed by atoms with Gasteiger partial charge in [0.25, 0.3) is 0 Å². The standard InChI is InChI=1S/C18H19ClN2O/c1-20-14-9-21(10-14)18-15-4-2-3-5-17(15)22-11-12-6-7-13(19)8-16(12)18/h2-8,14,18,20H,9-11H2,1H3. The average molecular weight is 315 g/mol. The third-order valence-electron chi connectivity index (χ3n) is 4.68. The second-order valence-corrected chi connectivity index (χ2v) is 6.45. The number of rotatable bonds is 2. The molecule has 0 aromatic heterocycles. The molecule has 4 heteroatoms. The Balaban J connectivity index is 1.81. The van der Waals surface area contributed by atoms with Gasteiger partial charge in [-0.2, -0.15) is 0 Å². The van der Waals surface area contributed by atoms with E-state index in [1.165, 1.54) is 16.7 Å². The van der Waals surface area contributed by atoms with Gasteiger partial charge in [0.2, 0.25) is 0 Å². The molecule has 2 heterocycles. The van der Waals surface area contributed by atoms with Gasteiger partial charge in [-0.3, -0.25) is 4.90 Å². The molecular formula is C18H19ClN2O. The number of nitrogens with zero attached hydrogens (tertiary/aromatic N) is 1. The Morgan fingerprint density at radius 3 is 2.77 bits per heavy atom. The molecule has 4 rings (SSSR count). The number of hydrogen-bond donors (Lipinski definition) is 1. The van der Waals surface area contributed by atoms with Gasteiger partial charge in [0.15, 0.2) is 0 Å². The zero-order valence-corrected chi connectivity index (χ0v) is 13.3. The molecule has 2 aliphatic rings. The molecule has 1 atom stereocenters. The summed E-state index contributed by atoms with van der Waals surface area (Å²) in [4.78, 5) is 2.49. The first-order valence-electron chi connectivity index (χ1n) is 7.67. The van der Waals surface area contributed by atoms with E-state index >= 15 is 0 Å². The Morgan fingerprint density at radius 2 is 1.95 bits per heavy atom. The van der Waals surface area contributed by atoms with Crippen LogP contribution in [0, 0.1) is 0 Å². The van der Waals surface area contributed by atoms with Gasteiger partial charge < -0.3 is 10.1 Å². The van der Waals surface area contributed by atoms with Crippen molar-refractivity contribution in [3.63, 3.8) is 0 Å². The van der Waals surface area contributed by atoms with E-state index in [2.05, 4.69) is 40.5 Å². The van der Waals surface area contributed by atoms with E-state index in [9.17, 15) is 0 Å². The minimum atomic E-state index is 0.219. The molecule has 1 N–H and O–H groups in total. The van der Waals surface area contributed by atoms with Crippen LogP contribution in [0.2, 0.25) is 5.02 Å². The van der Waals surface area contributed by atoms with Crippen LogP contribution in [0.25, 0.3) is 0 Å². The maximum atomic E-state index is 6.27. The molecule has 0 aliphatic carbocycles. The molecule has 2 aliphatic heterocycles. The predicted octanol–water partition coefficient (Wildman–Crippen LogP) is 3.23. The number of halogens is 1. The lowest BCUT2D eigenvalue weighted by Gasteiger charge is -2.44. The molecule has 0 radical (unpaired) electrons. The van der Waals surface area contributed by atoms with Crippen LogP contribution in [-0.4, -0.2) is 31.1 Å². The number of likely N-dealkylation sites (tertiary alicyclic amines) is 1. The smallest absolute Gasteiger partial charge is 0.124 e. The highest BCUT2D eigenvalue weighted by Crippen LogP contribution is 2.41. The largest absolute Gasteiger partial charge is 0.489 e. The lowest BCUT2D eigenvalue weighted by Crippen LogP contribution is -2.58. The summed E-state index contributed by atoms with van der Waals surface area (Å²) in [6.45, 7) is 2.69. The zero-order chi connectivity index (χ0) is 15.1. The monoisotopic (exact) mass is 314 g/mol. The van der Waals surface area contributed by atoms with Crippen molar-refractivity contribution in [3.05, 3.63) is 64.2 Å². The van der Waals surface area contributed by atoms with Gasteiger partial charge in [0.05, 0.1) is 6.04 Å². The summed E-state index contributed by atoms with van der Waals surface area (Å²) < 4.78 is 6.03. The Bertz CT molecular complexity index is 697. The van der Waals surface area contributed by atoms with Crippen LogP contribution >= 0.6 is 11.6 Å². The van der Waals surface area contributed by atoms with E-state index in [-0.39, 0.29) is 6.04 Å². The molecule has 2 aromatic rings. The van der Waals surface area contributed by atoms with Gasteiger partial charge in [0.1, 0.15) is 12.4 Å². The number of nitrogens with one attached hydrogen (secondary N) is 1. The number of ether oxygens (including phenoxy) is 1. The summed E-state index contributed by atoms with van der Waals surface area (Å²) in [5, 5.41) is 4.13. The molecule has 0 bridgehead atoms. The number of benzene rings is 2. The molecule has 114 valence electrons. The first kappa shape index (κ1) is 14.1. The Hall–Kier alpha value is -1.55. The van der Waals surface area contributed by atoms with E-state index < -0.39 is 0 Å². The minimum Gasteiger partial charge on any atom is -0.489 e. The summed E-state index contributed by atoms with van der Waals surface area (Å²) >= 11 is 6.27. The Kier molecular flexibility index (Phi) is 3.57. The van der Waals surface area contributed by atoms with Crippen LogP contribution < -0.4 is 10.1 Å². The highest BCUT2D eigenvalue weighted by atomic mass is 35.5. The highest BCUT2D eigenvalue weighted by Gasteiger charge is 2.36. The van der Waals surface area contributed by atoms with E-state index in [4.69, 9.17) is 16.3 Å². The Labute approximate surface area is 135 Å². The van der Waals surface area contributed by atoms with Crippen LogP contribution in [0.15, 0.2) is 42.5 Å². The summed E-state index contributed by atoms with van der Waals surface area (Å²) in [5.74, 6) is 0.979. The van der Waals surface area contributed by atoms with E-state index in [0.717, 1.165) is 23.9 Å². The molecule has 1 fully saturated rings. The second-order valence-electron chi connectivity index (χ2n) is 6.01. The molecule has 0 amide bonds. The van der Waals surface area contributed by atoms with E-state index in [0.29, 0.717) is 12.6 Å². The molecule has 0 saturated carbocycles. The fourth-order valence-corrected chi connectivity index (χ4v) is 3.59. The quantitative estimate of drug-likeness (QED) is 0.921. The van der Waals surface area contributed by atoms with Crippen LogP contribution in [0.4, 0.5) is 0 Å². The third-order valence-corrected chi connectivity index (χ3v) is 4.92. The Morgan fingerprint density at radius 1 is 1.14 bits per heavy atom. The first-order valence-corrected chi connectivity index (χ1v) is 8.05. The van der Waals surface area contributed by atoms with E-state index in [1.807, 2.05) is 19.2 Å². The number of fused-ring (bicyclic) bond motifs is 2. The normalized spacial score (nSPS) is 21.3. The molecule has 2 aromatic carbocycles. The predicted molar refractivity (Wildman–Crippen MR) is 88.5 cm³/mol. The highest BCUT2D eigenvalue weighted by molar-refractivity contribution is 6.30. The second kappa shape index (κ2) is 5.58. The van der Waals surface area contributed by atoms with Crippen molar-refractivity contribution in [2.75, 3.05) is 20.1 Å². The van der Waals surface area contributed by atoms with Gasteiger partial charge in [0, 0.05) is 29.7 Å². The molecule has 22 heavy (non-hydrogen) atoms. The molecule has 1 saturated heterocycles. The van der Waals surface area contributed by atoms with E-state index in [1.54, 1.807) is 0 Å². The number of para-hydroxylation sites is 1. The summed E-state index contributed by atoms with van der Waals surface area (Å²) in [7, 11) is 2.02. The van der Waals surface area contributed by atoms with Crippen molar-refractivity contribution in [1.82, 2.24) is 10.2 Å². The van der Waals surface area contributed by atoms with Crippen molar-refractivity contribution in [2.24, 2.45) is 0 Å². The summed E-state index contributed by atoms with van der Waals surface area (Å²) in [6.07, 6.45) is 0. The average Bonchev–Trinajstić information content (AvgIpc) is 2.64. The van der Waals surface area contributed by atoms with Crippen molar-refractivity contribution >= 4 is 11.6 Å². The van der Waals surface area contributed by atoms with Crippen LogP contribution in [0.3, 0.4) is 0 Å². The van der Waals surface area contributed by atoms with Gasteiger partial charge >= 0.3 is 0 Å². The topological polar surface area (TPSA) is 24.5 Å². The van der Waals surface area contributed by atoms with Crippen molar-refractivity contribution in [1.29, 1.82) is 0 Å². The molecule has 0 spiro atoms. The van der Waals surface area contributed by atoms with Crippen molar-refractivity contribution in [3.8, 4) is 5.75 Å².